The quantitative estimate of drug-likeness (QED) is 0.628. The van der Waals surface area contributed by atoms with Crippen molar-refractivity contribution in [1.29, 1.82) is 0 Å². The van der Waals surface area contributed by atoms with E-state index in [9.17, 15) is 9.59 Å². The van der Waals surface area contributed by atoms with E-state index in [0.717, 1.165) is 31.2 Å². The fraction of sp³-hybridized carbons (Fsp3) is 0.444. The minimum Gasteiger partial charge on any atom is -0.462 e. The number of hydrogen-bond donors (Lipinski definition) is 1. The van der Waals surface area contributed by atoms with Gasteiger partial charge in [-0.1, -0.05) is 44.4 Å². The zero-order valence-corrected chi connectivity index (χ0v) is 13.8. The molecule has 1 aromatic heterocycles. The predicted molar refractivity (Wildman–Crippen MR) is 92.7 cm³/mol. The second kappa shape index (κ2) is 7.81. The van der Waals surface area contributed by atoms with Crippen LogP contribution in [0.4, 0.5) is 5.69 Å². The van der Waals surface area contributed by atoms with Gasteiger partial charge in [-0.2, -0.15) is 0 Å². The van der Waals surface area contributed by atoms with E-state index in [4.69, 9.17) is 10.5 Å². The van der Waals surface area contributed by atoms with Gasteiger partial charge >= 0.3 is 5.97 Å². The van der Waals surface area contributed by atoms with Crippen molar-refractivity contribution in [2.24, 2.45) is 0 Å². The van der Waals surface area contributed by atoms with E-state index in [1.54, 1.807) is 11.5 Å². The number of hydrogen-bond acceptors (Lipinski definition) is 4. The Morgan fingerprint density at radius 1 is 1.17 bits per heavy atom. The van der Waals surface area contributed by atoms with Crippen LogP contribution in [0.25, 0.3) is 10.9 Å². The van der Waals surface area contributed by atoms with Crippen molar-refractivity contribution >= 4 is 22.6 Å². The maximum Gasteiger partial charge on any atom is 0.345 e. The molecule has 124 valence electrons. The number of ether oxygens (including phenoxy) is 1. The fourth-order valence-electron chi connectivity index (χ4n) is 2.75. The number of rotatable bonds is 7. The summed E-state index contributed by atoms with van der Waals surface area (Å²) in [5, 5.41) is 0.714. The molecule has 1 heterocycles. The lowest BCUT2D eigenvalue weighted by molar-refractivity contribution is 0.0525. The monoisotopic (exact) mass is 316 g/mol. The number of carbonyl (C=O) groups is 1. The first kappa shape index (κ1) is 17.1. The summed E-state index contributed by atoms with van der Waals surface area (Å²) < 4.78 is 6.65. The Balaban J connectivity index is 2.55. The number of nitrogen functional groups attached to an aromatic ring is 1. The molecular weight excluding hydrogens is 292 g/mol. The molecule has 23 heavy (non-hydrogen) atoms. The van der Waals surface area contributed by atoms with E-state index in [0.29, 0.717) is 11.9 Å². The highest BCUT2D eigenvalue weighted by Gasteiger charge is 2.21. The van der Waals surface area contributed by atoms with Gasteiger partial charge in [0.15, 0.2) is 0 Å². The van der Waals surface area contributed by atoms with Crippen LogP contribution in [-0.4, -0.2) is 17.1 Å². The molecule has 5 nitrogen and oxygen atoms in total. The minimum atomic E-state index is -0.650. The Labute approximate surface area is 136 Å². The highest BCUT2D eigenvalue weighted by molar-refractivity contribution is 6.04. The first-order valence-corrected chi connectivity index (χ1v) is 8.19. The molecule has 0 spiro atoms. The molecule has 0 saturated heterocycles. The lowest BCUT2D eigenvalue weighted by Gasteiger charge is -2.15. The number of para-hydroxylation sites is 1. The van der Waals surface area contributed by atoms with Crippen LogP contribution < -0.4 is 11.3 Å². The van der Waals surface area contributed by atoms with Gasteiger partial charge in [0.05, 0.1) is 17.8 Å². The van der Waals surface area contributed by atoms with Crippen LogP contribution in [0.1, 0.15) is 49.9 Å². The Kier molecular flexibility index (Phi) is 5.79. The molecule has 0 bridgehead atoms. The maximum atomic E-state index is 12.8. The molecule has 2 N–H and O–H groups in total. The Hall–Kier alpha value is -2.30. The highest BCUT2D eigenvalue weighted by atomic mass is 16.5. The molecule has 1 aromatic carbocycles. The SMILES string of the molecule is CCCCCCn1c(=O)c(C(=O)OCC)c(N)c2ccccc21. The summed E-state index contributed by atoms with van der Waals surface area (Å²) >= 11 is 0. The van der Waals surface area contributed by atoms with Crippen LogP contribution in [0.2, 0.25) is 0 Å². The molecule has 0 atom stereocenters. The molecule has 0 unspecified atom stereocenters. The zero-order chi connectivity index (χ0) is 16.8. The molecule has 0 aliphatic heterocycles. The van der Waals surface area contributed by atoms with Gasteiger partial charge in [0.25, 0.3) is 5.56 Å². The first-order valence-electron chi connectivity index (χ1n) is 8.19. The van der Waals surface area contributed by atoms with Crippen LogP contribution in [0.5, 0.6) is 0 Å². The molecule has 0 aliphatic carbocycles. The number of nitrogens with two attached hydrogens (primary N) is 1. The summed E-state index contributed by atoms with van der Waals surface area (Å²) in [5.41, 5.74) is 6.63. The summed E-state index contributed by atoms with van der Waals surface area (Å²) in [7, 11) is 0. The number of pyridine rings is 1. The molecule has 0 amide bonds. The van der Waals surface area contributed by atoms with Crippen molar-refractivity contribution in [2.45, 2.75) is 46.1 Å². The van der Waals surface area contributed by atoms with Gasteiger partial charge in [-0.25, -0.2) is 4.79 Å². The van der Waals surface area contributed by atoms with Crippen molar-refractivity contribution in [1.82, 2.24) is 4.57 Å². The van der Waals surface area contributed by atoms with Crippen LogP contribution in [0.15, 0.2) is 29.1 Å². The van der Waals surface area contributed by atoms with E-state index < -0.39 is 5.97 Å². The average Bonchev–Trinajstić information content (AvgIpc) is 2.54. The minimum absolute atomic E-state index is 0.0546. The van der Waals surface area contributed by atoms with E-state index in [-0.39, 0.29) is 23.4 Å². The summed E-state index contributed by atoms with van der Waals surface area (Å²) in [6, 6.07) is 7.41. The third kappa shape index (κ3) is 3.55. The smallest absolute Gasteiger partial charge is 0.345 e. The number of fused-ring (bicyclic) bond motifs is 1. The van der Waals surface area contributed by atoms with Gasteiger partial charge in [-0.15, -0.1) is 0 Å². The molecule has 0 aliphatic rings. The van der Waals surface area contributed by atoms with Gasteiger partial charge in [0.1, 0.15) is 5.56 Å². The van der Waals surface area contributed by atoms with E-state index in [1.165, 1.54) is 0 Å². The molecule has 0 saturated carbocycles. The second-order valence-corrected chi connectivity index (χ2v) is 5.54. The van der Waals surface area contributed by atoms with Crippen LogP contribution in [-0.2, 0) is 11.3 Å². The number of esters is 1. The summed E-state index contributed by atoms with van der Waals surface area (Å²) in [4.78, 5) is 24.9. The van der Waals surface area contributed by atoms with Gasteiger partial charge in [0, 0.05) is 11.9 Å². The van der Waals surface area contributed by atoms with Gasteiger partial charge in [-0.05, 0) is 19.4 Å². The molecule has 5 heteroatoms. The Bertz CT molecular complexity index is 750. The highest BCUT2D eigenvalue weighted by Crippen LogP contribution is 2.23. The topological polar surface area (TPSA) is 74.3 Å². The van der Waals surface area contributed by atoms with Crippen molar-refractivity contribution in [2.75, 3.05) is 12.3 Å². The number of benzene rings is 1. The van der Waals surface area contributed by atoms with Crippen LogP contribution >= 0.6 is 0 Å². The molecule has 0 fully saturated rings. The second-order valence-electron chi connectivity index (χ2n) is 5.54. The molecule has 0 radical (unpaired) electrons. The maximum absolute atomic E-state index is 12.8. The predicted octanol–water partition coefficient (Wildman–Crippen LogP) is 3.34. The number of unbranched alkanes of at least 4 members (excludes halogenated alkanes) is 3. The normalized spacial score (nSPS) is 10.9. The van der Waals surface area contributed by atoms with Crippen LogP contribution in [0.3, 0.4) is 0 Å². The van der Waals surface area contributed by atoms with Crippen LogP contribution in [0, 0.1) is 0 Å². The van der Waals surface area contributed by atoms with Gasteiger partial charge in [0.2, 0.25) is 0 Å². The average molecular weight is 316 g/mol. The van der Waals surface area contributed by atoms with Crippen molar-refractivity contribution in [3.63, 3.8) is 0 Å². The number of aromatic nitrogens is 1. The lowest BCUT2D eigenvalue weighted by Crippen LogP contribution is -2.29. The van der Waals surface area contributed by atoms with Crippen molar-refractivity contribution in [3.8, 4) is 0 Å². The van der Waals surface area contributed by atoms with E-state index >= 15 is 0 Å². The largest absolute Gasteiger partial charge is 0.462 e. The first-order chi connectivity index (χ1) is 11.1. The fourth-order valence-corrected chi connectivity index (χ4v) is 2.75. The zero-order valence-electron chi connectivity index (χ0n) is 13.8. The molecular formula is C18H24N2O3. The lowest BCUT2D eigenvalue weighted by atomic mass is 10.1. The van der Waals surface area contributed by atoms with Crippen molar-refractivity contribution < 1.29 is 9.53 Å². The third-order valence-corrected chi connectivity index (χ3v) is 3.93. The van der Waals surface area contributed by atoms with Crippen molar-refractivity contribution in [3.05, 3.63) is 40.2 Å². The Morgan fingerprint density at radius 3 is 2.61 bits per heavy atom. The van der Waals surface area contributed by atoms with E-state index in [1.807, 2.05) is 24.3 Å². The van der Waals surface area contributed by atoms with Gasteiger partial charge < -0.3 is 15.0 Å². The van der Waals surface area contributed by atoms with Gasteiger partial charge in [-0.3, -0.25) is 4.79 Å². The Morgan fingerprint density at radius 2 is 1.91 bits per heavy atom. The number of aryl methyl sites for hydroxylation is 1. The summed E-state index contributed by atoms with van der Waals surface area (Å²) in [5.74, 6) is -0.650. The summed E-state index contributed by atoms with van der Waals surface area (Å²) in [6.07, 6.45) is 4.21. The summed E-state index contributed by atoms with van der Waals surface area (Å²) in [6.45, 7) is 4.63. The number of anilines is 1. The standard InChI is InChI=1S/C18H24N2O3/c1-3-5-6-9-12-20-14-11-8-7-10-13(14)16(19)15(17(20)21)18(22)23-4-2/h7-8,10-11H,3-6,9,12,19H2,1-2H3. The number of carbonyl (C=O) groups excluding carboxylic acids is 1. The van der Waals surface area contributed by atoms with E-state index in [2.05, 4.69) is 6.92 Å². The molecule has 2 rings (SSSR count). The third-order valence-electron chi connectivity index (χ3n) is 3.93. The molecule has 2 aromatic rings. The number of nitrogens with zero attached hydrogens (tertiary/aromatic N) is 1.